The summed E-state index contributed by atoms with van der Waals surface area (Å²) in [6.07, 6.45) is 0.131. The van der Waals surface area contributed by atoms with Crippen LogP contribution in [0.5, 0.6) is 5.75 Å². The molecule has 0 aliphatic carbocycles. The van der Waals surface area contributed by atoms with Crippen molar-refractivity contribution in [2.24, 2.45) is 0 Å². The number of amides is 2. The highest BCUT2D eigenvalue weighted by atomic mass is 35.5. The van der Waals surface area contributed by atoms with Crippen LogP contribution in [0, 0.1) is 0 Å². The van der Waals surface area contributed by atoms with E-state index in [-0.39, 0.29) is 17.4 Å². The molecule has 0 aliphatic rings. The largest absolute Gasteiger partial charge is 0.497 e. The van der Waals surface area contributed by atoms with Gasteiger partial charge in [0.05, 0.1) is 23.6 Å². The molecule has 2 N–H and O–H groups in total. The van der Waals surface area contributed by atoms with Gasteiger partial charge in [-0.25, -0.2) is 0 Å². The quantitative estimate of drug-likeness (QED) is 0.831. The minimum Gasteiger partial charge on any atom is -0.497 e. The van der Waals surface area contributed by atoms with Gasteiger partial charge in [-0.2, -0.15) is 0 Å². The summed E-state index contributed by atoms with van der Waals surface area (Å²) in [5.41, 5.74) is 5.76. The predicted octanol–water partition coefficient (Wildman–Crippen LogP) is 3.01. The van der Waals surface area contributed by atoms with Crippen LogP contribution in [0.15, 0.2) is 42.5 Å². The lowest BCUT2D eigenvalue weighted by Crippen LogP contribution is -2.42. The molecule has 7 heteroatoms. The number of nitrogens with one attached hydrogen (secondary N) is 2. The lowest BCUT2D eigenvalue weighted by atomic mass is 10.1. The third-order valence-corrected chi connectivity index (χ3v) is 3.76. The summed E-state index contributed by atoms with van der Waals surface area (Å²) in [7, 11) is 1.57. The molecule has 0 spiro atoms. The number of carbonyl (C=O) groups is 2. The molecule has 120 valence electrons. The molecule has 0 aromatic heterocycles. The summed E-state index contributed by atoms with van der Waals surface area (Å²) < 4.78 is 5.04. The zero-order chi connectivity index (χ0) is 16.8. The first kappa shape index (κ1) is 17.1. The molecule has 0 radical (unpaired) electrons. The van der Waals surface area contributed by atoms with E-state index in [1.807, 2.05) is 0 Å². The average molecular weight is 353 g/mol. The van der Waals surface area contributed by atoms with E-state index in [1.54, 1.807) is 31.4 Å². The van der Waals surface area contributed by atoms with E-state index in [1.165, 1.54) is 18.2 Å². The lowest BCUT2D eigenvalue weighted by Gasteiger charge is -2.08. The van der Waals surface area contributed by atoms with Crippen LogP contribution in [0.1, 0.15) is 15.9 Å². The first-order valence-electron chi connectivity index (χ1n) is 6.67. The second-order valence-electron chi connectivity index (χ2n) is 4.66. The second kappa shape index (κ2) is 7.85. The molecule has 5 nitrogen and oxygen atoms in total. The maximum Gasteiger partial charge on any atom is 0.269 e. The van der Waals surface area contributed by atoms with Gasteiger partial charge < -0.3 is 4.74 Å². The van der Waals surface area contributed by atoms with E-state index in [2.05, 4.69) is 10.9 Å². The van der Waals surface area contributed by atoms with Gasteiger partial charge >= 0.3 is 0 Å². The van der Waals surface area contributed by atoms with Crippen molar-refractivity contribution in [3.8, 4) is 5.75 Å². The van der Waals surface area contributed by atoms with Gasteiger partial charge in [0, 0.05) is 5.56 Å². The fraction of sp³-hybridized carbons (Fsp3) is 0.125. The lowest BCUT2D eigenvalue weighted by molar-refractivity contribution is -0.121. The molecule has 0 unspecified atom stereocenters. The van der Waals surface area contributed by atoms with E-state index in [0.29, 0.717) is 16.3 Å². The molecule has 0 heterocycles. The van der Waals surface area contributed by atoms with Crippen LogP contribution in [0.3, 0.4) is 0 Å². The summed E-state index contributed by atoms with van der Waals surface area (Å²) in [5.74, 6) is -0.114. The Hall–Kier alpha value is -2.24. The van der Waals surface area contributed by atoms with Gasteiger partial charge in [0.1, 0.15) is 5.75 Å². The number of rotatable bonds is 4. The van der Waals surface area contributed by atoms with Crippen molar-refractivity contribution in [1.29, 1.82) is 0 Å². The average Bonchev–Trinajstić information content (AvgIpc) is 2.56. The van der Waals surface area contributed by atoms with Crippen LogP contribution in [-0.2, 0) is 11.2 Å². The zero-order valence-electron chi connectivity index (χ0n) is 12.2. The topological polar surface area (TPSA) is 67.4 Å². The predicted molar refractivity (Wildman–Crippen MR) is 88.8 cm³/mol. The van der Waals surface area contributed by atoms with Gasteiger partial charge in [0.25, 0.3) is 5.91 Å². The molecule has 0 fully saturated rings. The molecule has 2 rings (SSSR count). The summed E-state index contributed by atoms with van der Waals surface area (Å²) in [6, 6.07) is 11.5. The number of hydrazine groups is 1. The number of methoxy groups -OCH3 is 1. The molecule has 0 bridgehead atoms. The number of benzene rings is 2. The highest BCUT2D eigenvalue weighted by Crippen LogP contribution is 2.22. The monoisotopic (exact) mass is 352 g/mol. The Kier molecular flexibility index (Phi) is 5.84. The molecule has 2 amide bonds. The fourth-order valence-corrected chi connectivity index (χ4v) is 2.11. The Bertz CT molecular complexity index is 718. The first-order valence-corrected chi connectivity index (χ1v) is 7.42. The molecule has 0 saturated carbocycles. The van der Waals surface area contributed by atoms with Crippen LogP contribution >= 0.6 is 23.2 Å². The van der Waals surface area contributed by atoms with E-state index in [9.17, 15) is 9.59 Å². The van der Waals surface area contributed by atoms with Crippen LogP contribution in [0.4, 0.5) is 0 Å². The number of carbonyl (C=O) groups excluding carboxylic acids is 2. The standard InChI is InChI=1S/C16H14Cl2N2O3/c1-23-12-5-2-10(3-6-12)8-15(21)19-20-16(22)11-4-7-13(17)14(18)9-11/h2-7,9H,8H2,1H3,(H,19,21)(H,20,22). The number of halogens is 2. The van der Waals surface area contributed by atoms with Crippen molar-refractivity contribution in [2.45, 2.75) is 6.42 Å². The van der Waals surface area contributed by atoms with Crippen molar-refractivity contribution < 1.29 is 14.3 Å². The maximum absolute atomic E-state index is 11.9. The summed E-state index contributed by atoms with van der Waals surface area (Å²) in [6.45, 7) is 0. The van der Waals surface area contributed by atoms with Crippen LogP contribution < -0.4 is 15.6 Å². The smallest absolute Gasteiger partial charge is 0.269 e. The van der Waals surface area contributed by atoms with Crippen molar-refractivity contribution in [1.82, 2.24) is 10.9 Å². The van der Waals surface area contributed by atoms with Crippen molar-refractivity contribution in [2.75, 3.05) is 7.11 Å². The van der Waals surface area contributed by atoms with E-state index in [4.69, 9.17) is 27.9 Å². The van der Waals surface area contributed by atoms with Crippen LogP contribution in [-0.4, -0.2) is 18.9 Å². The third kappa shape index (κ3) is 4.87. The third-order valence-electron chi connectivity index (χ3n) is 3.02. The van der Waals surface area contributed by atoms with Crippen LogP contribution in [0.2, 0.25) is 10.0 Å². The molecular formula is C16H14Cl2N2O3. The molecule has 23 heavy (non-hydrogen) atoms. The van der Waals surface area contributed by atoms with Gasteiger partial charge in [-0.1, -0.05) is 35.3 Å². The molecule has 2 aromatic rings. The summed E-state index contributed by atoms with van der Waals surface area (Å²) in [5, 5.41) is 0.621. The normalized spacial score (nSPS) is 10.0. The fourth-order valence-electron chi connectivity index (χ4n) is 1.81. The van der Waals surface area contributed by atoms with Gasteiger partial charge in [-0.15, -0.1) is 0 Å². The van der Waals surface area contributed by atoms with Gasteiger partial charge in [-0.3, -0.25) is 20.4 Å². The Labute approximate surface area is 143 Å². The molecule has 0 saturated heterocycles. The van der Waals surface area contributed by atoms with E-state index >= 15 is 0 Å². The highest BCUT2D eigenvalue weighted by Gasteiger charge is 2.10. The number of hydrogen-bond acceptors (Lipinski definition) is 3. The van der Waals surface area contributed by atoms with Gasteiger partial charge in [0.15, 0.2) is 0 Å². The Morgan fingerprint density at radius 2 is 1.70 bits per heavy atom. The second-order valence-corrected chi connectivity index (χ2v) is 5.47. The zero-order valence-corrected chi connectivity index (χ0v) is 13.7. The Morgan fingerprint density at radius 1 is 1.00 bits per heavy atom. The summed E-state index contributed by atoms with van der Waals surface area (Å²) in [4.78, 5) is 23.7. The van der Waals surface area contributed by atoms with Crippen molar-refractivity contribution >= 4 is 35.0 Å². The Balaban J connectivity index is 1.87. The highest BCUT2D eigenvalue weighted by molar-refractivity contribution is 6.42. The molecule has 0 aliphatic heterocycles. The Morgan fingerprint density at radius 3 is 2.30 bits per heavy atom. The maximum atomic E-state index is 11.9. The molecule has 2 aromatic carbocycles. The number of ether oxygens (including phenoxy) is 1. The SMILES string of the molecule is COc1ccc(CC(=O)NNC(=O)c2ccc(Cl)c(Cl)c2)cc1. The van der Waals surface area contributed by atoms with Crippen molar-refractivity contribution in [3.63, 3.8) is 0 Å². The minimum absolute atomic E-state index is 0.131. The van der Waals surface area contributed by atoms with Gasteiger partial charge in [0.2, 0.25) is 5.91 Å². The molecule has 0 atom stereocenters. The van der Waals surface area contributed by atoms with Crippen LogP contribution in [0.25, 0.3) is 0 Å². The van der Waals surface area contributed by atoms with Crippen molar-refractivity contribution in [3.05, 3.63) is 63.6 Å². The van der Waals surface area contributed by atoms with Gasteiger partial charge in [-0.05, 0) is 35.9 Å². The van der Waals surface area contributed by atoms with E-state index in [0.717, 1.165) is 5.56 Å². The first-order chi connectivity index (χ1) is 11.0. The number of hydrogen-bond donors (Lipinski definition) is 2. The molecular weight excluding hydrogens is 339 g/mol. The summed E-state index contributed by atoms with van der Waals surface area (Å²) >= 11 is 11.6. The minimum atomic E-state index is -0.480. The van der Waals surface area contributed by atoms with E-state index < -0.39 is 5.91 Å².